The Bertz CT molecular complexity index is 1160. The minimum absolute atomic E-state index is 0.204. The number of benzene rings is 2. The molecule has 4 aromatic rings. The lowest BCUT2D eigenvalue weighted by atomic mass is 10.2. The fraction of sp³-hybridized carbons (Fsp3) is 0.0909. The van der Waals surface area contributed by atoms with Gasteiger partial charge in [0, 0.05) is 23.1 Å². The maximum atomic E-state index is 12.1. The molecule has 0 radical (unpaired) electrons. The summed E-state index contributed by atoms with van der Waals surface area (Å²) in [5, 5.41) is 16.0. The molecule has 9 nitrogen and oxygen atoms in total. The van der Waals surface area contributed by atoms with Gasteiger partial charge in [0.2, 0.25) is 0 Å². The molecule has 0 atom stereocenters. The molecule has 0 bridgehead atoms. The summed E-state index contributed by atoms with van der Waals surface area (Å²) in [7, 11) is 0. The van der Waals surface area contributed by atoms with Gasteiger partial charge in [-0.05, 0) is 30.7 Å². The van der Waals surface area contributed by atoms with Crippen LogP contribution in [0.1, 0.15) is 11.3 Å². The number of carbonyl (C=O) groups is 1. The average molecular weight is 415 g/mol. The summed E-state index contributed by atoms with van der Waals surface area (Å²) in [5.74, 6) is 1.75. The van der Waals surface area contributed by atoms with E-state index in [4.69, 9.17) is 4.74 Å². The van der Waals surface area contributed by atoms with Gasteiger partial charge >= 0.3 is 6.09 Å². The summed E-state index contributed by atoms with van der Waals surface area (Å²) >= 11 is 0. The van der Waals surface area contributed by atoms with Crippen molar-refractivity contribution in [3.05, 3.63) is 84.3 Å². The van der Waals surface area contributed by atoms with Crippen LogP contribution >= 0.6 is 0 Å². The fourth-order valence-electron chi connectivity index (χ4n) is 2.80. The van der Waals surface area contributed by atoms with Crippen molar-refractivity contribution in [2.45, 2.75) is 13.5 Å². The molecule has 0 aliphatic rings. The molecule has 156 valence electrons. The number of anilines is 5. The second-order valence-corrected chi connectivity index (χ2v) is 6.74. The summed E-state index contributed by atoms with van der Waals surface area (Å²) in [5.41, 5.74) is 3.20. The smallest absolute Gasteiger partial charge is 0.411 e. The number of ether oxygens (including phenoxy) is 1. The normalized spacial score (nSPS) is 10.4. The van der Waals surface area contributed by atoms with Crippen LogP contribution in [-0.4, -0.2) is 26.3 Å². The average Bonchev–Trinajstić information content (AvgIpc) is 3.18. The Morgan fingerprint density at radius 3 is 2.48 bits per heavy atom. The summed E-state index contributed by atoms with van der Waals surface area (Å²) in [4.78, 5) is 20.8. The summed E-state index contributed by atoms with van der Waals surface area (Å²) < 4.78 is 5.25. The molecule has 0 unspecified atom stereocenters. The molecule has 0 aliphatic heterocycles. The van der Waals surface area contributed by atoms with Gasteiger partial charge in [-0.15, -0.1) is 0 Å². The zero-order valence-corrected chi connectivity index (χ0v) is 16.8. The molecule has 0 saturated heterocycles. The molecule has 0 aliphatic carbocycles. The Morgan fingerprint density at radius 2 is 1.71 bits per heavy atom. The van der Waals surface area contributed by atoms with Crippen LogP contribution in [0, 0.1) is 6.92 Å². The maximum absolute atomic E-state index is 12.1. The van der Waals surface area contributed by atoms with Gasteiger partial charge in [0.1, 0.15) is 6.61 Å². The van der Waals surface area contributed by atoms with Crippen LogP contribution in [0.3, 0.4) is 0 Å². The van der Waals surface area contributed by atoms with Crippen LogP contribution in [-0.2, 0) is 11.3 Å². The molecule has 2 heterocycles. The molecule has 0 spiro atoms. The number of aromatic amines is 1. The van der Waals surface area contributed by atoms with Crippen LogP contribution in [0.2, 0.25) is 0 Å². The minimum Gasteiger partial charge on any atom is -0.444 e. The Balaban J connectivity index is 1.36. The summed E-state index contributed by atoms with van der Waals surface area (Å²) in [6.45, 7) is 2.12. The van der Waals surface area contributed by atoms with Gasteiger partial charge in [0.25, 0.3) is 0 Å². The van der Waals surface area contributed by atoms with Crippen LogP contribution in [0.5, 0.6) is 0 Å². The zero-order chi connectivity index (χ0) is 21.5. The van der Waals surface area contributed by atoms with E-state index in [0.29, 0.717) is 23.1 Å². The Kier molecular flexibility index (Phi) is 6.03. The zero-order valence-electron chi connectivity index (χ0n) is 16.8. The summed E-state index contributed by atoms with van der Waals surface area (Å²) in [6.07, 6.45) is 2.69. The van der Waals surface area contributed by atoms with Crippen molar-refractivity contribution < 1.29 is 9.53 Å². The van der Waals surface area contributed by atoms with E-state index in [9.17, 15) is 4.79 Å². The van der Waals surface area contributed by atoms with Gasteiger partial charge in [0.05, 0.1) is 12.4 Å². The van der Waals surface area contributed by atoms with Gasteiger partial charge in [-0.25, -0.2) is 9.78 Å². The van der Waals surface area contributed by atoms with E-state index in [-0.39, 0.29) is 6.61 Å². The number of nitrogens with one attached hydrogen (secondary N) is 4. The van der Waals surface area contributed by atoms with Crippen molar-refractivity contribution >= 4 is 34.9 Å². The first kappa shape index (κ1) is 19.9. The number of H-pyrrole nitrogens is 1. The Hall–Kier alpha value is -4.40. The van der Waals surface area contributed by atoms with Crippen LogP contribution < -0.4 is 16.0 Å². The molecule has 1 amide bonds. The van der Waals surface area contributed by atoms with E-state index in [0.717, 1.165) is 16.9 Å². The number of aromatic nitrogens is 4. The lowest BCUT2D eigenvalue weighted by Crippen LogP contribution is -2.13. The number of nitrogens with zero attached hydrogens (tertiary/aromatic N) is 3. The predicted octanol–water partition coefficient (Wildman–Crippen LogP) is 4.74. The monoisotopic (exact) mass is 415 g/mol. The first-order valence-electron chi connectivity index (χ1n) is 9.60. The van der Waals surface area contributed by atoms with Crippen LogP contribution in [0.25, 0.3) is 0 Å². The van der Waals surface area contributed by atoms with Crippen molar-refractivity contribution in [3.63, 3.8) is 0 Å². The molecule has 31 heavy (non-hydrogen) atoms. The number of carbonyl (C=O) groups excluding carboxylic acids is 1. The third-order valence-electron chi connectivity index (χ3n) is 4.19. The minimum atomic E-state index is -0.527. The van der Waals surface area contributed by atoms with Gasteiger partial charge in [-0.2, -0.15) is 5.10 Å². The quantitative estimate of drug-likeness (QED) is 0.344. The molecular weight excluding hydrogens is 394 g/mol. The molecule has 2 aromatic carbocycles. The Morgan fingerprint density at radius 1 is 0.935 bits per heavy atom. The van der Waals surface area contributed by atoms with E-state index in [1.165, 1.54) is 0 Å². The highest BCUT2D eigenvalue weighted by molar-refractivity contribution is 5.85. The fourth-order valence-corrected chi connectivity index (χ4v) is 2.80. The largest absolute Gasteiger partial charge is 0.444 e. The third-order valence-corrected chi connectivity index (χ3v) is 4.19. The number of amides is 1. The second kappa shape index (κ2) is 9.40. The van der Waals surface area contributed by atoms with E-state index >= 15 is 0 Å². The molecule has 4 N–H and O–H groups in total. The van der Waals surface area contributed by atoms with Crippen molar-refractivity contribution in [2.75, 3.05) is 16.0 Å². The number of hydrogen-bond donors (Lipinski definition) is 4. The van der Waals surface area contributed by atoms with E-state index in [1.54, 1.807) is 24.5 Å². The summed E-state index contributed by atoms with van der Waals surface area (Å²) in [6, 6.07) is 18.6. The van der Waals surface area contributed by atoms with Gasteiger partial charge in [0.15, 0.2) is 17.5 Å². The van der Waals surface area contributed by atoms with Crippen molar-refractivity contribution in [3.8, 4) is 0 Å². The predicted molar refractivity (Wildman–Crippen MR) is 119 cm³/mol. The second-order valence-electron chi connectivity index (χ2n) is 6.74. The van der Waals surface area contributed by atoms with Crippen LogP contribution in [0.4, 0.5) is 33.6 Å². The lowest BCUT2D eigenvalue weighted by Gasteiger charge is -2.10. The SMILES string of the molecule is Cc1cc(Nc2cncc(Nc3cccc(NC(=O)OCc4ccccc4)c3)n2)n[nH]1. The lowest BCUT2D eigenvalue weighted by molar-refractivity contribution is 0.155. The highest BCUT2D eigenvalue weighted by atomic mass is 16.5. The van der Waals surface area contributed by atoms with Crippen molar-refractivity contribution in [2.24, 2.45) is 0 Å². The van der Waals surface area contributed by atoms with E-state index in [2.05, 4.69) is 36.1 Å². The molecule has 0 fully saturated rings. The third kappa shape index (κ3) is 5.80. The van der Waals surface area contributed by atoms with Crippen molar-refractivity contribution in [1.82, 2.24) is 20.2 Å². The van der Waals surface area contributed by atoms with Crippen LogP contribution in [0.15, 0.2) is 73.1 Å². The Labute approximate surface area is 178 Å². The maximum Gasteiger partial charge on any atom is 0.411 e. The van der Waals surface area contributed by atoms with Gasteiger partial charge in [-0.1, -0.05) is 36.4 Å². The highest BCUT2D eigenvalue weighted by Crippen LogP contribution is 2.20. The van der Waals surface area contributed by atoms with E-state index < -0.39 is 6.09 Å². The first-order valence-corrected chi connectivity index (χ1v) is 9.60. The van der Waals surface area contributed by atoms with Crippen molar-refractivity contribution in [1.29, 1.82) is 0 Å². The molecular formula is C22H21N7O2. The number of rotatable bonds is 7. The number of hydrogen-bond acceptors (Lipinski definition) is 7. The highest BCUT2D eigenvalue weighted by Gasteiger charge is 2.06. The standard InChI is InChI=1S/C22H21N7O2/c1-15-10-19(29-28-15)26-21-13-23-12-20(27-21)24-17-8-5-9-18(11-17)25-22(30)31-14-16-6-3-2-4-7-16/h2-13H,14H2,1H3,(H,25,30)(H3,24,26,27,28,29). The molecule has 9 heteroatoms. The van der Waals surface area contributed by atoms with Gasteiger partial charge < -0.3 is 15.4 Å². The first-order chi connectivity index (χ1) is 15.1. The topological polar surface area (TPSA) is 117 Å². The molecule has 4 rings (SSSR count). The van der Waals surface area contributed by atoms with E-state index in [1.807, 2.05) is 55.5 Å². The molecule has 0 saturated carbocycles. The van der Waals surface area contributed by atoms with Gasteiger partial charge in [-0.3, -0.25) is 15.4 Å². The number of aryl methyl sites for hydroxylation is 1. The molecule has 2 aromatic heterocycles.